The molecule has 0 unspecified atom stereocenters. The molecule has 29 heavy (non-hydrogen) atoms. The molecule has 158 valence electrons. The molecule has 0 radical (unpaired) electrons. The standard InChI is InChI=1S/C15H11F6N3O4S/c1-24(28-29(26)27)12-11(6-10(7-22-12)15(19,20)21)23-13(25)8-3-2-4-9(5-8)14(16,17)18/h2-7,29H,1H3,(H,23,25). The first-order valence-corrected chi connectivity index (χ1v) is 8.50. The van der Waals surface area contributed by atoms with Crippen LogP contribution in [-0.4, -0.2) is 26.4 Å². The minimum atomic E-state index is -4.86. The summed E-state index contributed by atoms with van der Waals surface area (Å²) in [6.07, 6.45) is -9.23. The largest absolute Gasteiger partial charge is 0.417 e. The van der Waals surface area contributed by atoms with Gasteiger partial charge in [-0.2, -0.15) is 26.3 Å². The highest BCUT2D eigenvalue weighted by molar-refractivity contribution is 7.67. The number of carbonyl (C=O) groups is 1. The Morgan fingerprint density at radius 2 is 1.69 bits per heavy atom. The van der Waals surface area contributed by atoms with Gasteiger partial charge in [0, 0.05) is 18.8 Å². The smallest absolute Gasteiger partial charge is 0.319 e. The number of amides is 1. The van der Waals surface area contributed by atoms with Gasteiger partial charge in [0.25, 0.3) is 16.9 Å². The number of nitrogens with one attached hydrogen (secondary N) is 1. The van der Waals surface area contributed by atoms with E-state index in [1.54, 1.807) is 0 Å². The van der Waals surface area contributed by atoms with Crippen LogP contribution in [0.2, 0.25) is 0 Å². The van der Waals surface area contributed by atoms with Crippen molar-refractivity contribution in [2.45, 2.75) is 12.4 Å². The molecular formula is C15H11F6N3O4S. The third-order valence-electron chi connectivity index (χ3n) is 3.38. The molecule has 1 aromatic carbocycles. The van der Waals surface area contributed by atoms with Gasteiger partial charge in [0.1, 0.15) is 0 Å². The van der Waals surface area contributed by atoms with Crippen molar-refractivity contribution >= 4 is 28.4 Å². The van der Waals surface area contributed by atoms with Gasteiger partial charge in [-0.15, -0.1) is 4.28 Å². The molecule has 1 aromatic heterocycles. The fourth-order valence-electron chi connectivity index (χ4n) is 2.13. The minimum absolute atomic E-state index is 0.368. The van der Waals surface area contributed by atoms with Crippen molar-refractivity contribution in [2.24, 2.45) is 0 Å². The molecular weight excluding hydrogens is 432 g/mol. The van der Waals surface area contributed by atoms with Crippen LogP contribution in [-0.2, 0) is 27.6 Å². The van der Waals surface area contributed by atoms with E-state index in [-0.39, 0.29) is 0 Å². The predicted molar refractivity (Wildman–Crippen MR) is 88.4 cm³/mol. The van der Waals surface area contributed by atoms with Crippen LogP contribution in [0.5, 0.6) is 0 Å². The zero-order valence-electron chi connectivity index (χ0n) is 14.2. The maximum absolute atomic E-state index is 12.9. The van der Waals surface area contributed by atoms with Crippen LogP contribution < -0.4 is 10.4 Å². The topological polar surface area (TPSA) is 88.6 Å². The van der Waals surface area contributed by atoms with Crippen LogP contribution in [0.3, 0.4) is 0 Å². The molecule has 0 aliphatic heterocycles. The van der Waals surface area contributed by atoms with Gasteiger partial charge >= 0.3 is 12.4 Å². The zero-order chi connectivity index (χ0) is 22.0. The van der Waals surface area contributed by atoms with Crippen molar-refractivity contribution in [1.29, 1.82) is 0 Å². The Kier molecular flexibility index (Phi) is 6.37. The molecule has 2 rings (SSSR count). The Morgan fingerprint density at radius 1 is 1.07 bits per heavy atom. The summed E-state index contributed by atoms with van der Waals surface area (Å²) >= 11 is 0. The van der Waals surface area contributed by atoms with Gasteiger partial charge in [-0.3, -0.25) is 4.79 Å². The Hall–Kier alpha value is -2.87. The van der Waals surface area contributed by atoms with Gasteiger partial charge in [-0.1, -0.05) is 6.07 Å². The first-order chi connectivity index (χ1) is 13.3. The van der Waals surface area contributed by atoms with Crippen LogP contribution in [0.1, 0.15) is 21.5 Å². The lowest BCUT2D eigenvalue weighted by Gasteiger charge is -2.19. The van der Waals surface area contributed by atoms with Crippen LogP contribution in [0.4, 0.5) is 37.8 Å². The maximum Gasteiger partial charge on any atom is 0.417 e. The van der Waals surface area contributed by atoms with Gasteiger partial charge in [0.15, 0.2) is 5.82 Å². The molecule has 0 saturated carbocycles. The van der Waals surface area contributed by atoms with Gasteiger partial charge < -0.3 is 5.32 Å². The van der Waals surface area contributed by atoms with E-state index >= 15 is 0 Å². The minimum Gasteiger partial charge on any atom is -0.319 e. The lowest BCUT2D eigenvalue weighted by molar-refractivity contribution is -0.138. The van der Waals surface area contributed by atoms with Crippen LogP contribution in [0, 0.1) is 0 Å². The highest BCUT2D eigenvalue weighted by Gasteiger charge is 2.33. The fraction of sp³-hybridized carbons (Fsp3) is 0.200. The van der Waals surface area contributed by atoms with Gasteiger partial charge in [-0.25, -0.2) is 18.5 Å². The SMILES string of the molecule is CN(O[SH](=O)=O)c1ncc(C(F)(F)F)cc1NC(=O)c1cccc(C(F)(F)F)c1. The van der Waals surface area contributed by atoms with Crippen molar-refractivity contribution in [1.82, 2.24) is 4.98 Å². The second-order valence-electron chi connectivity index (χ2n) is 5.43. The summed E-state index contributed by atoms with van der Waals surface area (Å²) in [5.41, 5.74) is -3.57. The molecule has 1 N–H and O–H groups in total. The molecule has 0 saturated heterocycles. The molecule has 7 nitrogen and oxygen atoms in total. The molecule has 14 heteroatoms. The number of nitrogens with zero attached hydrogens (tertiary/aromatic N) is 2. The molecule has 0 fully saturated rings. The number of thiol groups is 1. The third kappa shape index (κ3) is 5.80. The van der Waals surface area contributed by atoms with Crippen molar-refractivity contribution in [3.8, 4) is 0 Å². The first kappa shape index (κ1) is 22.4. The predicted octanol–water partition coefficient (Wildman–Crippen LogP) is 3.27. The van der Waals surface area contributed by atoms with Crippen LogP contribution in [0.25, 0.3) is 0 Å². The number of hydrogen-bond donors (Lipinski definition) is 2. The highest BCUT2D eigenvalue weighted by Crippen LogP contribution is 2.34. The van der Waals surface area contributed by atoms with E-state index < -0.39 is 57.4 Å². The summed E-state index contributed by atoms with van der Waals surface area (Å²) in [7, 11) is -2.47. The van der Waals surface area contributed by atoms with E-state index in [9.17, 15) is 39.6 Å². The number of anilines is 2. The normalized spacial score (nSPS) is 12.1. The first-order valence-electron chi connectivity index (χ1n) is 7.41. The lowest BCUT2D eigenvalue weighted by atomic mass is 10.1. The van der Waals surface area contributed by atoms with Crippen LogP contribution >= 0.6 is 0 Å². The molecule has 1 heterocycles. The molecule has 0 bridgehead atoms. The highest BCUT2D eigenvalue weighted by atomic mass is 32.2. The van der Waals surface area contributed by atoms with Gasteiger partial charge in [0.2, 0.25) is 0 Å². The summed E-state index contributed by atoms with van der Waals surface area (Å²) in [6, 6.07) is 3.61. The average Bonchev–Trinajstić information content (AvgIpc) is 2.59. The summed E-state index contributed by atoms with van der Waals surface area (Å²) in [5, 5.41) is 2.45. The van der Waals surface area contributed by atoms with E-state index in [1.165, 1.54) is 0 Å². The van der Waals surface area contributed by atoms with Crippen molar-refractivity contribution < 1.29 is 43.8 Å². The Balaban J connectivity index is 2.44. The van der Waals surface area contributed by atoms with Gasteiger partial charge in [0.05, 0.1) is 16.8 Å². The maximum atomic E-state index is 12.9. The number of halogens is 6. The van der Waals surface area contributed by atoms with E-state index in [2.05, 4.69) is 9.27 Å². The number of rotatable bonds is 5. The molecule has 0 aliphatic rings. The Labute approximate surface area is 161 Å². The average molecular weight is 443 g/mol. The molecule has 0 spiro atoms. The van der Waals surface area contributed by atoms with Crippen molar-refractivity contribution in [3.05, 3.63) is 53.2 Å². The number of benzene rings is 1. The van der Waals surface area contributed by atoms with E-state index in [0.717, 1.165) is 19.2 Å². The Morgan fingerprint density at radius 3 is 2.24 bits per heavy atom. The monoisotopic (exact) mass is 443 g/mol. The van der Waals surface area contributed by atoms with Crippen LogP contribution in [0.15, 0.2) is 36.5 Å². The van der Waals surface area contributed by atoms with E-state index in [1.807, 2.05) is 5.32 Å². The van der Waals surface area contributed by atoms with Crippen molar-refractivity contribution in [3.63, 3.8) is 0 Å². The number of aromatic nitrogens is 1. The number of hydroxylamine groups is 1. The Bertz CT molecular complexity index is 983. The number of carbonyl (C=O) groups excluding carboxylic acids is 1. The fourth-order valence-corrected chi connectivity index (χ4v) is 2.40. The quantitative estimate of drug-likeness (QED) is 0.419. The summed E-state index contributed by atoms with van der Waals surface area (Å²) in [6.45, 7) is 0. The lowest BCUT2D eigenvalue weighted by Crippen LogP contribution is -2.22. The summed E-state index contributed by atoms with van der Waals surface area (Å²) in [4.78, 5) is 15.7. The van der Waals surface area contributed by atoms with Gasteiger partial charge in [-0.05, 0) is 24.3 Å². The van der Waals surface area contributed by atoms with Crippen molar-refractivity contribution in [2.75, 3.05) is 17.4 Å². The molecule has 1 amide bonds. The number of hydrogen-bond acceptors (Lipinski definition) is 6. The molecule has 0 aliphatic carbocycles. The van der Waals surface area contributed by atoms with E-state index in [0.29, 0.717) is 29.5 Å². The zero-order valence-corrected chi connectivity index (χ0v) is 15.1. The molecule has 2 aromatic rings. The number of alkyl halides is 6. The summed E-state index contributed by atoms with van der Waals surface area (Å²) < 4.78 is 103. The third-order valence-corrected chi connectivity index (χ3v) is 3.76. The summed E-state index contributed by atoms with van der Waals surface area (Å²) in [5.74, 6) is -1.71. The molecule has 0 atom stereocenters. The van der Waals surface area contributed by atoms with E-state index in [4.69, 9.17) is 0 Å². The second kappa shape index (κ2) is 8.24. The number of pyridine rings is 1. The second-order valence-corrected chi connectivity index (χ2v) is 6.04.